The topological polar surface area (TPSA) is 107 Å². The zero-order valence-corrected chi connectivity index (χ0v) is 12.9. The van der Waals surface area contributed by atoms with Gasteiger partial charge in [0.15, 0.2) is 0 Å². The fourth-order valence-corrected chi connectivity index (χ4v) is 0.980. The van der Waals surface area contributed by atoms with Crippen LogP contribution < -0.4 is 0 Å². The maximum Gasteiger partial charge on any atom is 0.0701 e. The first-order valence-corrected chi connectivity index (χ1v) is 6.96. The predicted octanol–water partition coefficient (Wildman–Crippen LogP) is -1.34. The van der Waals surface area contributed by atoms with Crippen LogP contribution in [-0.2, 0) is 23.7 Å². The molecule has 0 unspecified atom stereocenters. The molecule has 0 saturated carbocycles. The van der Waals surface area contributed by atoms with Crippen LogP contribution in [-0.4, -0.2) is 102 Å². The Morgan fingerprint density at radius 3 is 1.05 bits per heavy atom. The normalized spacial score (nSPS) is 10.3. The van der Waals surface area contributed by atoms with Gasteiger partial charge in [-0.25, -0.2) is 0 Å². The Labute approximate surface area is 126 Å². The predicted molar refractivity (Wildman–Crippen MR) is 76.4 cm³/mol. The lowest BCUT2D eigenvalue weighted by molar-refractivity contribution is 0.0159. The smallest absolute Gasteiger partial charge is 0.0701 e. The fourth-order valence-electron chi connectivity index (χ4n) is 0.980. The van der Waals surface area contributed by atoms with Gasteiger partial charge in [0, 0.05) is 7.11 Å². The molecule has 0 amide bonds. The lowest BCUT2D eigenvalue weighted by Crippen LogP contribution is -2.09. The Bertz CT molecular complexity index is 143. The van der Waals surface area contributed by atoms with Crippen LogP contribution >= 0.6 is 0 Å². The molecule has 0 aliphatic carbocycles. The molecule has 130 valence electrons. The highest BCUT2D eigenvalue weighted by Gasteiger charge is 1.88. The van der Waals surface area contributed by atoms with E-state index in [0.29, 0.717) is 59.5 Å². The van der Waals surface area contributed by atoms with Gasteiger partial charge in [-0.3, -0.25) is 0 Å². The second kappa shape index (κ2) is 24.7. The van der Waals surface area contributed by atoms with Crippen molar-refractivity contribution in [2.24, 2.45) is 0 Å². The summed E-state index contributed by atoms with van der Waals surface area (Å²) in [7, 11) is 1.63. The summed E-state index contributed by atoms with van der Waals surface area (Å²) in [5.74, 6) is 0. The van der Waals surface area contributed by atoms with Crippen LogP contribution in [0.5, 0.6) is 0 Å². The largest absolute Gasteiger partial charge is 0.394 e. The Morgan fingerprint density at radius 2 is 0.762 bits per heavy atom. The summed E-state index contributed by atoms with van der Waals surface area (Å²) in [6.07, 6.45) is 0. The van der Waals surface area contributed by atoms with Gasteiger partial charge < -0.3 is 39.0 Å². The Morgan fingerprint density at radius 1 is 0.476 bits per heavy atom. The van der Waals surface area contributed by atoms with Gasteiger partial charge in [-0.1, -0.05) is 0 Å². The van der Waals surface area contributed by atoms with Crippen LogP contribution in [0.15, 0.2) is 0 Å². The van der Waals surface area contributed by atoms with E-state index in [9.17, 15) is 0 Å². The Balaban J connectivity index is 0. The van der Waals surface area contributed by atoms with Crippen LogP contribution in [0.4, 0.5) is 0 Å². The SMILES string of the molecule is COCCOCCOCCO.OCCOCCOCCO. The Hall–Kier alpha value is -0.320. The van der Waals surface area contributed by atoms with Crippen molar-refractivity contribution in [1.29, 1.82) is 0 Å². The minimum Gasteiger partial charge on any atom is -0.394 e. The molecular formula is C13H30O8. The lowest BCUT2D eigenvalue weighted by Gasteiger charge is -2.03. The summed E-state index contributed by atoms with van der Waals surface area (Å²) in [6, 6.07) is 0. The molecule has 0 rings (SSSR count). The summed E-state index contributed by atoms with van der Waals surface area (Å²) in [5, 5.41) is 24.8. The fraction of sp³-hybridized carbons (Fsp3) is 1.00. The highest BCUT2D eigenvalue weighted by molar-refractivity contribution is 4.31. The van der Waals surface area contributed by atoms with Crippen molar-refractivity contribution < 1.29 is 39.0 Å². The van der Waals surface area contributed by atoms with Gasteiger partial charge >= 0.3 is 0 Å². The van der Waals surface area contributed by atoms with Gasteiger partial charge in [-0.15, -0.1) is 0 Å². The highest BCUT2D eigenvalue weighted by atomic mass is 16.5. The van der Waals surface area contributed by atoms with Crippen LogP contribution in [0, 0.1) is 0 Å². The molecule has 0 aromatic rings. The van der Waals surface area contributed by atoms with Crippen LogP contribution in [0.25, 0.3) is 0 Å². The monoisotopic (exact) mass is 314 g/mol. The number of hydrogen-bond acceptors (Lipinski definition) is 8. The molecule has 21 heavy (non-hydrogen) atoms. The van der Waals surface area contributed by atoms with E-state index in [0.717, 1.165) is 0 Å². The second-order valence-electron chi connectivity index (χ2n) is 3.61. The second-order valence-corrected chi connectivity index (χ2v) is 3.61. The molecule has 8 heteroatoms. The molecule has 0 fully saturated rings. The van der Waals surface area contributed by atoms with Gasteiger partial charge in [0.2, 0.25) is 0 Å². The van der Waals surface area contributed by atoms with Crippen LogP contribution in [0.2, 0.25) is 0 Å². The molecule has 3 N–H and O–H groups in total. The van der Waals surface area contributed by atoms with Crippen LogP contribution in [0.1, 0.15) is 0 Å². The molecule has 0 aliphatic heterocycles. The van der Waals surface area contributed by atoms with E-state index in [1.165, 1.54) is 0 Å². The third-order valence-corrected chi connectivity index (χ3v) is 1.88. The van der Waals surface area contributed by atoms with Gasteiger partial charge in [-0.2, -0.15) is 0 Å². The Kier molecular flexibility index (Phi) is 27.0. The summed E-state index contributed by atoms with van der Waals surface area (Å²) in [6.45, 7) is 4.48. The first kappa shape index (κ1) is 23.0. The van der Waals surface area contributed by atoms with Gasteiger partial charge in [0.25, 0.3) is 0 Å². The number of hydrogen-bond donors (Lipinski definition) is 3. The molecule has 0 bridgehead atoms. The molecule has 0 aromatic carbocycles. The first-order chi connectivity index (χ1) is 10.3. The number of methoxy groups -OCH3 is 1. The number of aliphatic hydroxyl groups excluding tert-OH is 3. The summed E-state index contributed by atoms with van der Waals surface area (Å²) in [4.78, 5) is 0. The minimum absolute atomic E-state index is 0.0417. The molecule has 0 aromatic heterocycles. The molecule has 0 heterocycles. The first-order valence-electron chi connectivity index (χ1n) is 6.96. The van der Waals surface area contributed by atoms with E-state index >= 15 is 0 Å². The van der Waals surface area contributed by atoms with E-state index in [-0.39, 0.29) is 19.8 Å². The molecule has 0 saturated heterocycles. The van der Waals surface area contributed by atoms with E-state index < -0.39 is 0 Å². The molecular weight excluding hydrogens is 284 g/mol. The van der Waals surface area contributed by atoms with E-state index in [2.05, 4.69) is 0 Å². The number of rotatable bonds is 15. The van der Waals surface area contributed by atoms with Gasteiger partial charge in [0.05, 0.1) is 79.3 Å². The van der Waals surface area contributed by atoms with Gasteiger partial charge in [-0.05, 0) is 0 Å². The average molecular weight is 314 g/mol. The van der Waals surface area contributed by atoms with Crippen LogP contribution in [0.3, 0.4) is 0 Å². The molecule has 0 atom stereocenters. The number of ether oxygens (including phenoxy) is 5. The van der Waals surface area contributed by atoms with Crippen molar-refractivity contribution in [2.75, 3.05) is 86.4 Å². The van der Waals surface area contributed by atoms with E-state index in [1.807, 2.05) is 0 Å². The zero-order valence-electron chi connectivity index (χ0n) is 12.9. The van der Waals surface area contributed by atoms with Crippen molar-refractivity contribution in [1.82, 2.24) is 0 Å². The van der Waals surface area contributed by atoms with Crippen molar-refractivity contribution in [3.05, 3.63) is 0 Å². The number of aliphatic hydroxyl groups is 3. The van der Waals surface area contributed by atoms with Gasteiger partial charge in [0.1, 0.15) is 0 Å². The minimum atomic E-state index is 0.0417. The van der Waals surface area contributed by atoms with E-state index in [1.54, 1.807) is 7.11 Å². The molecule has 0 aliphatic rings. The average Bonchev–Trinajstić information content (AvgIpc) is 2.51. The summed E-state index contributed by atoms with van der Waals surface area (Å²) < 4.78 is 24.5. The van der Waals surface area contributed by atoms with Crippen molar-refractivity contribution in [2.45, 2.75) is 0 Å². The van der Waals surface area contributed by atoms with Crippen molar-refractivity contribution in [3.63, 3.8) is 0 Å². The highest BCUT2D eigenvalue weighted by Crippen LogP contribution is 1.78. The van der Waals surface area contributed by atoms with E-state index in [4.69, 9.17) is 39.0 Å². The molecule has 0 radical (unpaired) electrons. The summed E-state index contributed by atoms with van der Waals surface area (Å²) >= 11 is 0. The quantitative estimate of drug-likeness (QED) is 0.319. The lowest BCUT2D eigenvalue weighted by atomic mass is 10.7. The molecule has 8 nitrogen and oxygen atoms in total. The third kappa shape index (κ3) is 28.5. The summed E-state index contributed by atoms with van der Waals surface area (Å²) in [5.41, 5.74) is 0. The third-order valence-electron chi connectivity index (χ3n) is 1.88. The van der Waals surface area contributed by atoms with Crippen molar-refractivity contribution in [3.8, 4) is 0 Å². The maximum absolute atomic E-state index is 8.32. The molecule has 0 spiro atoms. The maximum atomic E-state index is 8.32. The standard InChI is InChI=1S/C7H16O4.C6H14O4/c1-9-4-5-11-7-6-10-3-2-8;7-1-3-9-5-6-10-4-2-8/h8H,2-7H2,1H3;7-8H,1-6H2. The van der Waals surface area contributed by atoms with Crippen molar-refractivity contribution >= 4 is 0 Å². The zero-order chi connectivity index (χ0) is 16.0.